The van der Waals surface area contributed by atoms with Gasteiger partial charge in [-0.15, -0.1) is 0 Å². The van der Waals surface area contributed by atoms with Gasteiger partial charge < -0.3 is 24.3 Å². The number of methoxy groups -OCH3 is 4. The number of hydrogen-bond donors (Lipinski definition) is 1. The summed E-state index contributed by atoms with van der Waals surface area (Å²) in [5, 5.41) is 2.43. The average Bonchev–Trinajstić information content (AvgIpc) is 2.90. The number of benzene rings is 1. The van der Waals surface area contributed by atoms with Crippen LogP contribution in [0.2, 0.25) is 0 Å². The minimum absolute atomic E-state index is 0. The fraction of sp³-hybridized carbons (Fsp3) is 0.480. The quantitative estimate of drug-likeness (QED) is 0.190. The van der Waals surface area contributed by atoms with Crippen molar-refractivity contribution in [2.45, 2.75) is 45.1 Å². The van der Waals surface area contributed by atoms with Crippen LogP contribution in [0.15, 0.2) is 18.2 Å². The standard InChI is InChI=1S/C25H31NO11.2H2S/c1-14(27)16-10-17(20(28)13-15(24(32)36-4)6-8-21(29)34-2)12-18(11-16)23(31)26-19(25(33)37-5)7-9-22(30)35-3;;/h10-12,15,19H,6-9,13H2,1-5H3,(H,26,31);2*1H2/t15-,19+;;/m1../s1. The highest BCUT2D eigenvalue weighted by atomic mass is 32.1. The first-order chi connectivity index (χ1) is 17.5. The number of Topliss-reactive ketones (excluding diaryl/α,β-unsaturated/α-hetero) is 2. The maximum absolute atomic E-state index is 13.0. The molecule has 0 fully saturated rings. The molecule has 0 aliphatic heterocycles. The zero-order valence-electron chi connectivity index (χ0n) is 22.4. The van der Waals surface area contributed by atoms with Gasteiger partial charge in [0.15, 0.2) is 11.6 Å². The Balaban J connectivity index is 0. The molecule has 0 aliphatic carbocycles. The smallest absolute Gasteiger partial charge is 0.328 e. The summed E-state index contributed by atoms with van der Waals surface area (Å²) in [6.45, 7) is 1.24. The van der Waals surface area contributed by atoms with Crippen LogP contribution in [0.5, 0.6) is 0 Å². The Morgan fingerprint density at radius 1 is 0.692 bits per heavy atom. The Kier molecular flexibility index (Phi) is 18.2. The van der Waals surface area contributed by atoms with Gasteiger partial charge in [-0.3, -0.25) is 28.8 Å². The molecule has 39 heavy (non-hydrogen) atoms. The fourth-order valence-corrected chi connectivity index (χ4v) is 3.33. The first-order valence-electron chi connectivity index (χ1n) is 11.3. The topological polar surface area (TPSA) is 168 Å². The molecule has 0 saturated heterocycles. The molecular formula is C25H35NO11S2. The van der Waals surface area contributed by atoms with E-state index in [1.807, 2.05) is 0 Å². The van der Waals surface area contributed by atoms with Gasteiger partial charge in [-0.05, 0) is 38.0 Å². The zero-order chi connectivity index (χ0) is 28.1. The molecule has 1 aromatic carbocycles. The first kappa shape index (κ1) is 37.8. The van der Waals surface area contributed by atoms with E-state index in [4.69, 9.17) is 4.74 Å². The fourth-order valence-electron chi connectivity index (χ4n) is 3.33. The van der Waals surface area contributed by atoms with Gasteiger partial charge in [-0.1, -0.05) is 0 Å². The lowest BCUT2D eigenvalue weighted by Crippen LogP contribution is -2.42. The van der Waals surface area contributed by atoms with Crippen molar-refractivity contribution in [1.82, 2.24) is 5.32 Å². The lowest BCUT2D eigenvalue weighted by atomic mass is 9.92. The summed E-state index contributed by atoms with van der Waals surface area (Å²) in [7, 11) is 4.64. The van der Waals surface area contributed by atoms with Gasteiger partial charge in [0.1, 0.15) is 6.04 Å². The number of ether oxygens (including phenoxy) is 4. The first-order valence-corrected chi connectivity index (χ1v) is 11.3. The Hall–Kier alpha value is -3.39. The van der Waals surface area contributed by atoms with E-state index in [9.17, 15) is 33.6 Å². The second-order valence-corrected chi connectivity index (χ2v) is 7.98. The van der Waals surface area contributed by atoms with Gasteiger partial charge >= 0.3 is 23.9 Å². The van der Waals surface area contributed by atoms with Crippen LogP contribution >= 0.6 is 27.0 Å². The highest BCUT2D eigenvalue weighted by molar-refractivity contribution is 7.59. The van der Waals surface area contributed by atoms with E-state index in [1.165, 1.54) is 39.3 Å². The van der Waals surface area contributed by atoms with Crippen molar-refractivity contribution < 1.29 is 52.5 Å². The third kappa shape index (κ3) is 12.3. The lowest BCUT2D eigenvalue weighted by Gasteiger charge is -2.17. The average molecular weight is 590 g/mol. The maximum Gasteiger partial charge on any atom is 0.328 e. The summed E-state index contributed by atoms with van der Waals surface area (Å²) in [6.07, 6.45) is -0.758. The Bertz CT molecular complexity index is 986. The van der Waals surface area contributed by atoms with Gasteiger partial charge in [0, 0.05) is 36.0 Å². The van der Waals surface area contributed by atoms with Gasteiger partial charge in [0.05, 0.1) is 34.4 Å². The Morgan fingerprint density at radius 2 is 1.18 bits per heavy atom. The van der Waals surface area contributed by atoms with Crippen LogP contribution in [-0.2, 0) is 38.1 Å². The molecule has 1 aromatic rings. The molecule has 218 valence electrons. The number of ketones is 2. The zero-order valence-corrected chi connectivity index (χ0v) is 24.4. The van der Waals surface area contributed by atoms with Crippen LogP contribution in [0.4, 0.5) is 0 Å². The molecule has 0 bridgehead atoms. The number of carbonyl (C=O) groups excluding carboxylic acids is 7. The summed E-state index contributed by atoms with van der Waals surface area (Å²) in [5.41, 5.74) is -0.0921. The van der Waals surface area contributed by atoms with Crippen LogP contribution < -0.4 is 5.32 Å². The van der Waals surface area contributed by atoms with Crippen molar-refractivity contribution in [3.05, 3.63) is 34.9 Å². The summed E-state index contributed by atoms with van der Waals surface area (Å²) in [4.78, 5) is 85.2. The van der Waals surface area contributed by atoms with E-state index >= 15 is 0 Å². The number of esters is 4. The third-order valence-corrected chi connectivity index (χ3v) is 5.47. The molecule has 0 unspecified atom stereocenters. The van der Waals surface area contributed by atoms with Crippen molar-refractivity contribution in [2.75, 3.05) is 28.4 Å². The molecule has 0 aromatic heterocycles. The highest BCUT2D eigenvalue weighted by Gasteiger charge is 2.27. The number of nitrogens with one attached hydrogen (secondary N) is 1. The SMILES string of the molecule is COC(=O)CC[C@H](CC(=O)c1cc(C(C)=O)cc(C(=O)N[C@@H](CCC(=O)OC)C(=O)OC)c1)C(=O)OC.S.S. The maximum atomic E-state index is 13.0. The molecule has 0 spiro atoms. The molecule has 12 nitrogen and oxygen atoms in total. The molecule has 2 atom stereocenters. The summed E-state index contributed by atoms with van der Waals surface area (Å²) >= 11 is 0. The van der Waals surface area contributed by atoms with Crippen molar-refractivity contribution in [2.24, 2.45) is 5.92 Å². The van der Waals surface area contributed by atoms with E-state index in [0.717, 1.165) is 14.2 Å². The van der Waals surface area contributed by atoms with Crippen molar-refractivity contribution in [3.8, 4) is 0 Å². The van der Waals surface area contributed by atoms with Crippen molar-refractivity contribution in [1.29, 1.82) is 0 Å². The minimum Gasteiger partial charge on any atom is -0.469 e. The molecule has 14 heteroatoms. The predicted molar refractivity (Wildman–Crippen MR) is 147 cm³/mol. The molecule has 0 radical (unpaired) electrons. The minimum atomic E-state index is -1.20. The largest absolute Gasteiger partial charge is 0.469 e. The summed E-state index contributed by atoms with van der Waals surface area (Å²) < 4.78 is 18.5. The van der Waals surface area contributed by atoms with E-state index in [-0.39, 0.29) is 75.8 Å². The van der Waals surface area contributed by atoms with Gasteiger partial charge in [-0.2, -0.15) is 27.0 Å². The van der Waals surface area contributed by atoms with Crippen LogP contribution in [0.25, 0.3) is 0 Å². The monoisotopic (exact) mass is 589 g/mol. The second-order valence-electron chi connectivity index (χ2n) is 7.98. The second kappa shape index (κ2) is 18.8. The summed E-state index contributed by atoms with van der Waals surface area (Å²) in [6, 6.07) is 2.55. The molecule has 1 amide bonds. The summed E-state index contributed by atoms with van der Waals surface area (Å²) in [5.74, 6) is -5.44. The Labute approximate surface area is 240 Å². The van der Waals surface area contributed by atoms with Crippen LogP contribution in [0.3, 0.4) is 0 Å². The van der Waals surface area contributed by atoms with E-state index < -0.39 is 53.3 Å². The van der Waals surface area contributed by atoms with Crippen LogP contribution in [-0.4, -0.2) is 75.8 Å². The van der Waals surface area contributed by atoms with Gasteiger partial charge in [0.25, 0.3) is 5.91 Å². The van der Waals surface area contributed by atoms with Crippen molar-refractivity contribution >= 4 is 68.3 Å². The van der Waals surface area contributed by atoms with E-state index in [0.29, 0.717) is 0 Å². The number of hydrogen-bond acceptors (Lipinski definition) is 11. The highest BCUT2D eigenvalue weighted by Crippen LogP contribution is 2.20. The van der Waals surface area contributed by atoms with Crippen LogP contribution in [0, 0.1) is 5.92 Å². The predicted octanol–water partition coefficient (Wildman–Crippen LogP) is 1.65. The number of rotatable bonds is 14. The van der Waals surface area contributed by atoms with Gasteiger partial charge in [-0.25, -0.2) is 4.79 Å². The molecule has 1 rings (SSSR count). The number of carbonyl (C=O) groups is 7. The van der Waals surface area contributed by atoms with Crippen LogP contribution in [0.1, 0.15) is 70.1 Å². The molecule has 0 heterocycles. The lowest BCUT2D eigenvalue weighted by molar-refractivity contribution is -0.147. The third-order valence-electron chi connectivity index (χ3n) is 5.47. The molecule has 1 N–H and O–H groups in total. The molecule has 0 saturated carbocycles. The molecular weight excluding hydrogens is 554 g/mol. The number of amides is 1. The normalized spacial score (nSPS) is 11.3. The van der Waals surface area contributed by atoms with E-state index in [2.05, 4.69) is 19.5 Å². The Morgan fingerprint density at radius 3 is 1.67 bits per heavy atom. The van der Waals surface area contributed by atoms with Gasteiger partial charge in [0.2, 0.25) is 0 Å². The van der Waals surface area contributed by atoms with E-state index in [1.54, 1.807) is 0 Å². The van der Waals surface area contributed by atoms with Crippen molar-refractivity contribution in [3.63, 3.8) is 0 Å². The molecule has 0 aliphatic rings.